The SMILES string of the molecule is O=C(O)c1cn(N2CCCC2)c2ccccc2c1=O. The van der Waals surface area contributed by atoms with E-state index in [1.807, 2.05) is 16.8 Å². The number of carboxylic acids is 1. The van der Waals surface area contributed by atoms with Gasteiger partial charge in [0.1, 0.15) is 5.56 Å². The minimum absolute atomic E-state index is 0.175. The predicted molar refractivity (Wildman–Crippen MR) is 72.4 cm³/mol. The molecule has 1 aliphatic heterocycles. The van der Waals surface area contributed by atoms with Crippen LogP contribution in [0.5, 0.6) is 0 Å². The van der Waals surface area contributed by atoms with Crippen LogP contribution >= 0.6 is 0 Å². The lowest BCUT2D eigenvalue weighted by molar-refractivity contribution is 0.0695. The summed E-state index contributed by atoms with van der Waals surface area (Å²) in [5.41, 5.74) is 0.170. The average Bonchev–Trinajstić information content (AvgIpc) is 2.93. The first kappa shape index (κ1) is 11.8. The van der Waals surface area contributed by atoms with Crippen LogP contribution in [0.2, 0.25) is 0 Å². The number of nitrogens with zero attached hydrogens (tertiary/aromatic N) is 2. The highest BCUT2D eigenvalue weighted by Crippen LogP contribution is 2.15. The van der Waals surface area contributed by atoms with Gasteiger partial charge >= 0.3 is 5.97 Å². The molecule has 0 unspecified atom stereocenters. The third kappa shape index (κ3) is 1.87. The lowest BCUT2D eigenvalue weighted by Gasteiger charge is -2.23. The topological polar surface area (TPSA) is 62.5 Å². The summed E-state index contributed by atoms with van der Waals surface area (Å²) >= 11 is 0. The molecule has 0 radical (unpaired) electrons. The van der Waals surface area contributed by atoms with Gasteiger partial charge in [0.05, 0.1) is 5.52 Å². The first-order valence-electron chi connectivity index (χ1n) is 6.31. The van der Waals surface area contributed by atoms with Gasteiger partial charge in [0.2, 0.25) is 5.43 Å². The minimum atomic E-state index is -1.18. The summed E-state index contributed by atoms with van der Waals surface area (Å²) in [5, 5.41) is 11.7. The molecule has 1 aromatic carbocycles. The van der Waals surface area contributed by atoms with Gasteiger partial charge in [-0.05, 0) is 25.0 Å². The normalized spacial score (nSPS) is 15.1. The van der Waals surface area contributed by atoms with Crippen LogP contribution in [0.3, 0.4) is 0 Å². The number of fused-ring (bicyclic) bond motifs is 1. The van der Waals surface area contributed by atoms with Crippen LogP contribution in [-0.2, 0) is 0 Å². The van der Waals surface area contributed by atoms with Gasteiger partial charge in [-0.25, -0.2) is 4.79 Å². The molecule has 98 valence electrons. The van der Waals surface area contributed by atoms with Crippen LogP contribution in [-0.4, -0.2) is 28.8 Å². The van der Waals surface area contributed by atoms with Gasteiger partial charge in [0.25, 0.3) is 0 Å². The highest BCUT2D eigenvalue weighted by Gasteiger charge is 2.18. The molecule has 5 nitrogen and oxygen atoms in total. The number of aromatic nitrogens is 1. The molecule has 1 N–H and O–H groups in total. The molecule has 0 atom stereocenters. The fourth-order valence-corrected chi connectivity index (χ4v) is 2.56. The van der Waals surface area contributed by atoms with Crippen LogP contribution in [0.1, 0.15) is 23.2 Å². The van der Waals surface area contributed by atoms with E-state index in [1.165, 1.54) is 6.20 Å². The standard InChI is InChI=1S/C14H14N2O3/c17-13-10-5-1-2-6-12(10)16(9-11(13)14(18)19)15-7-3-4-8-15/h1-2,5-6,9H,3-4,7-8H2,(H,18,19). The quantitative estimate of drug-likeness (QED) is 0.885. The van der Waals surface area contributed by atoms with Gasteiger partial charge < -0.3 is 10.1 Å². The molecule has 0 bridgehead atoms. The Kier molecular flexibility index (Phi) is 2.74. The maximum Gasteiger partial charge on any atom is 0.341 e. The molecule has 1 aromatic heterocycles. The number of carbonyl (C=O) groups is 1. The fourth-order valence-electron chi connectivity index (χ4n) is 2.56. The Balaban J connectivity index is 2.33. The Bertz CT molecular complexity index is 699. The van der Waals surface area contributed by atoms with Crippen molar-refractivity contribution >= 4 is 16.9 Å². The second-order valence-corrected chi connectivity index (χ2v) is 4.70. The summed E-state index contributed by atoms with van der Waals surface area (Å²) in [6, 6.07) is 7.13. The monoisotopic (exact) mass is 258 g/mol. The lowest BCUT2D eigenvalue weighted by atomic mass is 10.1. The van der Waals surface area contributed by atoms with Gasteiger partial charge in [0.15, 0.2) is 0 Å². The van der Waals surface area contributed by atoms with Crippen LogP contribution in [0.4, 0.5) is 0 Å². The van der Waals surface area contributed by atoms with Crippen molar-refractivity contribution in [3.8, 4) is 0 Å². The van der Waals surface area contributed by atoms with Gasteiger partial charge in [0, 0.05) is 24.7 Å². The van der Waals surface area contributed by atoms with Crippen molar-refractivity contribution in [3.05, 3.63) is 46.2 Å². The summed E-state index contributed by atoms with van der Waals surface area (Å²) in [5.74, 6) is -1.18. The number of pyridine rings is 1. The second kappa shape index (κ2) is 4.42. The Morgan fingerprint density at radius 2 is 1.84 bits per heavy atom. The molecule has 2 aromatic rings. The molecular formula is C14H14N2O3. The summed E-state index contributed by atoms with van der Waals surface area (Å²) in [6.45, 7) is 1.76. The number of hydrogen-bond donors (Lipinski definition) is 1. The smallest absolute Gasteiger partial charge is 0.341 e. The summed E-state index contributed by atoms with van der Waals surface area (Å²) in [7, 11) is 0. The van der Waals surface area contributed by atoms with E-state index < -0.39 is 11.4 Å². The molecule has 19 heavy (non-hydrogen) atoms. The second-order valence-electron chi connectivity index (χ2n) is 4.70. The predicted octanol–water partition coefficient (Wildman–Crippen LogP) is 1.43. The zero-order valence-electron chi connectivity index (χ0n) is 10.4. The maximum atomic E-state index is 12.1. The molecular weight excluding hydrogens is 244 g/mol. The fraction of sp³-hybridized carbons (Fsp3) is 0.286. The molecule has 1 saturated heterocycles. The Hall–Kier alpha value is -2.30. The first-order valence-corrected chi connectivity index (χ1v) is 6.31. The molecule has 0 aliphatic carbocycles. The Labute approximate surface area is 109 Å². The van der Waals surface area contributed by atoms with E-state index in [9.17, 15) is 9.59 Å². The molecule has 0 spiro atoms. The van der Waals surface area contributed by atoms with Crippen molar-refractivity contribution in [1.82, 2.24) is 4.68 Å². The van der Waals surface area contributed by atoms with Crippen LogP contribution < -0.4 is 10.4 Å². The zero-order chi connectivity index (χ0) is 13.4. The minimum Gasteiger partial charge on any atom is -0.477 e. The lowest BCUT2D eigenvalue weighted by Crippen LogP contribution is -2.34. The summed E-state index contributed by atoms with van der Waals surface area (Å²) in [4.78, 5) is 23.3. The zero-order valence-corrected chi connectivity index (χ0v) is 10.4. The van der Waals surface area contributed by atoms with E-state index >= 15 is 0 Å². The highest BCUT2D eigenvalue weighted by atomic mass is 16.4. The van der Waals surface area contributed by atoms with Crippen molar-refractivity contribution in [3.63, 3.8) is 0 Å². The molecule has 2 heterocycles. The van der Waals surface area contributed by atoms with Crippen molar-refractivity contribution in [2.45, 2.75) is 12.8 Å². The van der Waals surface area contributed by atoms with E-state index in [2.05, 4.69) is 5.01 Å². The number of carboxylic acid groups (broad SMARTS) is 1. The average molecular weight is 258 g/mol. The van der Waals surface area contributed by atoms with E-state index in [1.54, 1.807) is 12.1 Å². The Morgan fingerprint density at radius 1 is 1.16 bits per heavy atom. The highest BCUT2D eigenvalue weighted by molar-refractivity contribution is 5.92. The third-order valence-electron chi connectivity index (χ3n) is 3.51. The molecule has 1 fully saturated rings. The number of aromatic carboxylic acids is 1. The Morgan fingerprint density at radius 3 is 2.53 bits per heavy atom. The maximum absolute atomic E-state index is 12.1. The summed E-state index contributed by atoms with van der Waals surface area (Å²) < 4.78 is 1.81. The third-order valence-corrected chi connectivity index (χ3v) is 3.51. The number of rotatable bonds is 2. The molecule has 0 saturated carbocycles. The largest absolute Gasteiger partial charge is 0.477 e. The first-order chi connectivity index (χ1) is 9.18. The van der Waals surface area contributed by atoms with E-state index in [-0.39, 0.29) is 5.56 Å². The van der Waals surface area contributed by atoms with E-state index in [4.69, 9.17) is 5.11 Å². The number of para-hydroxylation sites is 1. The molecule has 5 heteroatoms. The van der Waals surface area contributed by atoms with Crippen molar-refractivity contribution in [2.24, 2.45) is 0 Å². The van der Waals surface area contributed by atoms with E-state index in [0.717, 1.165) is 31.4 Å². The van der Waals surface area contributed by atoms with Crippen molar-refractivity contribution < 1.29 is 9.90 Å². The van der Waals surface area contributed by atoms with Crippen LogP contribution in [0, 0.1) is 0 Å². The molecule has 3 rings (SSSR count). The van der Waals surface area contributed by atoms with Gasteiger partial charge in [-0.2, -0.15) is 0 Å². The van der Waals surface area contributed by atoms with Crippen LogP contribution in [0.15, 0.2) is 35.3 Å². The van der Waals surface area contributed by atoms with Crippen molar-refractivity contribution in [2.75, 3.05) is 18.1 Å². The van der Waals surface area contributed by atoms with Gasteiger partial charge in [-0.15, -0.1) is 0 Å². The number of benzene rings is 1. The summed E-state index contributed by atoms with van der Waals surface area (Å²) in [6.07, 6.45) is 3.62. The van der Waals surface area contributed by atoms with E-state index in [0.29, 0.717) is 5.39 Å². The van der Waals surface area contributed by atoms with Gasteiger partial charge in [-0.1, -0.05) is 12.1 Å². The van der Waals surface area contributed by atoms with Crippen molar-refractivity contribution in [1.29, 1.82) is 0 Å². The van der Waals surface area contributed by atoms with Gasteiger partial charge in [-0.3, -0.25) is 9.47 Å². The molecule has 0 amide bonds. The number of hydrogen-bond acceptors (Lipinski definition) is 3. The molecule has 1 aliphatic rings. The van der Waals surface area contributed by atoms with Crippen LogP contribution in [0.25, 0.3) is 10.9 Å².